The van der Waals surface area contributed by atoms with Crippen molar-refractivity contribution < 1.29 is 14.2 Å². The molecule has 2 fully saturated rings. The maximum Gasteiger partial charge on any atom is 0.241 e. The van der Waals surface area contributed by atoms with E-state index in [2.05, 4.69) is 15.4 Å². The van der Waals surface area contributed by atoms with Gasteiger partial charge in [-0.25, -0.2) is 13.9 Å². The Morgan fingerprint density at radius 3 is 2.96 bits per heavy atom. The third kappa shape index (κ3) is 2.42. The van der Waals surface area contributed by atoms with E-state index in [-0.39, 0.29) is 29.6 Å². The smallest absolute Gasteiger partial charge is 0.241 e. The number of fused-ring (bicyclic) bond motifs is 1. The fraction of sp³-hybridized carbons (Fsp3) is 0.533. The molecule has 2 atom stereocenters. The first kappa shape index (κ1) is 14.4. The molecule has 0 amide bonds. The van der Waals surface area contributed by atoms with E-state index in [1.165, 1.54) is 10.7 Å². The van der Waals surface area contributed by atoms with Gasteiger partial charge in [0.05, 0.1) is 30.6 Å². The van der Waals surface area contributed by atoms with Crippen molar-refractivity contribution in [3.05, 3.63) is 23.3 Å². The molecular formula is C15H16FN5O2. The van der Waals surface area contributed by atoms with Crippen LogP contribution in [0.3, 0.4) is 0 Å². The van der Waals surface area contributed by atoms with E-state index in [4.69, 9.17) is 4.74 Å². The number of nitrogens with one attached hydrogen (secondary N) is 1. The van der Waals surface area contributed by atoms with Gasteiger partial charge in [0.2, 0.25) is 5.95 Å². The monoisotopic (exact) mass is 317 g/mol. The van der Waals surface area contributed by atoms with Crippen molar-refractivity contribution in [2.45, 2.75) is 37.3 Å². The van der Waals surface area contributed by atoms with E-state index in [0.717, 1.165) is 12.8 Å². The number of aliphatic hydroxyl groups excluding tert-OH is 1. The zero-order valence-electron chi connectivity index (χ0n) is 12.4. The molecule has 8 heteroatoms. The third-order valence-corrected chi connectivity index (χ3v) is 4.38. The molecule has 1 saturated carbocycles. The normalized spacial score (nSPS) is 24.6. The second kappa shape index (κ2) is 5.44. The molecule has 2 aliphatic rings. The molecule has 1 aliphatic carbocycles. The predicted molar refractivity (Wildman–Crippen MR) is 78.5 cm³/mol. The van der Waals surface area contributed by atoms with Gasteiger partial charge in [0.25, 0.3) is 0 Å². The van der Waals surface area contributed by atoms with Crippen molar-refractivity contribution in [1.29, 1.82) is 5.26 Å². The summed E-state index contributed by atoms with van der Waals surface area (Å²) in [5.74, 6) is -0.0741. The lowest BCUT2D eigenvalue weighted by Crippen LogP contribution is -2.42. The highest BCUT2D eigenvalue weighted by molar-refractivity contribution is 5.59. The predicted octanol–water partition coefficient (Wildman–Crippen LogP) is 1.18. The summed E-state index contributed by atoms with van der Waals surface area (Å²) in [5.41, 5.74) is 0.893. The summed E-state index contributed by atoms with van der Waals surface area (Å²) >= 11 is 0. The summed E-state index contributed by atoms with van der Waals surface area (Å²) in [5, 5.41) is 26.6. The molecule has 120 valence electrons. The molecule has 1 saturated heterocycles. The largest absolute Gasteiger partial charge is 0.389 e. The highest BCUT2D eigenvalue weighted by Gasteiger charge is 2.33. The summed E-state index contributed by atoms with van der Waals surface area (Å²) in [7, 11) is 0. The fourth-order valence-electron chi connectivity index (χ4n) is 2.99. The van der Waals surface area contributed by atoms with Crippen LogP contribution in [0.4, 0.5) is 10.3 Å². The lowest BCUT2D eigenvalue weighted by atomic mass is 10.1. The maximum absolute atomic E-state index is 14.3. The number of halogens is 1. The van der Waals surface area contributed by atoms with Gasteiger partial charge in [-0.15, -0.1) is 5.10 Å². The van der Waals surface area contributed by atoms with Gasteiger partial charge in [-0.05, 0) is 19.3 Å². The van der Waals surface area contributed by atoms with Gasteiger partial charge in [0.1, 0.15) is 17.1 Å². The minimum Gasteiger partial charge on any atom is -0.389 e. The molecule has 23 heavy (non-hydrogen) atoms. The molecular weight excluding hydrogens is 301 g/mol. The average molecular weight is 317 g/mol. The van der Waals surface area contributed by atoms with Gasteiger partial charge in [0, 0.05) is 12.5 Å². The SMILES string of the molecule is N#Cc1c(F)c2cnc(N[C@@H]3CCOC[C@H]3O)nn2c1C1CC1. The van der Waals surface area contributed by atoms with Crippen LogP contribution in [-0.4, -0.2) is 45.1 Å². The number of anilines is 1. The van der Waals surface area contributed by atoms with Crippen molar-refractivity contribution in [1.82, 2.24) is 14.6 Å². The van der Waals surface area contributed by atoms with E-state index in [9.17, 15) is 14.8 Å². The number of nitrogens with zero attached hydrogens (tertiary/aromatic N) is 4. The summed E-state index contributed by atoms with van der Waals surface area (Å²) in [6.45, 7) is 0.824. The fourth-order valence-corrected chi connectivity index (χ4v) is 2.99. The van der Waals surface area contributed by atoms with Gasteiger partial charge in [0.15, 0.2) is 5.82 Å². The van der Waals surface area contributed by atoms with Crippen LogP contribution in [0.5, 0.6) is 0 Å². The summed E-state index contributed by atoms with van der Waals surface area (Å²) < 4.78 is 21.0. The Kier molecular flexibility index (Phi) is 3.39. The first-order valence-electron chi connectivity index (χ1n) is 7.68. The molecule has 7 nitrogen and oxygen atoms in total. The van der Waals surface area contributed by atoms with Crippen molar-refractivity contribution in [3.63, 3.8) is 0 Å². The highest BCUT2D eigenvalue weighted by Crippen LogP contribution is 2.43. The molecule has 0 unspecified atom stereocenters. The topological polar surface area (TPSA) is 95.5 Å². The van der Waals surface area contributed by atoms with E-state index in [1.54, 1.807) is 0 Å². The van der Waals surface area contributed by atoms with Crippen LogP contribution in [0, 0.1) is 17.1 Å². The Balaban J connectivity index is 1.72. The molecule has 4 rings (SSSR count). The van der Waals surface area contributed by atoms with Crippen LogP contribution < -0.4 is 5.32 Å². The van der Waals surface area contributed by atoms with Crippen LogP contribution in [0.2, 0.25) is 0 Å². The number of aliphatic hydroxyl groups is 1. The number of aromatic nitrogens is 3. The number of hydrogen-bond donors (Lipinski definition) is 2. The lowest BCUT2D eigenvalue weighted by Gasteiger charge is -2.28. The Hall–Kier alpha value is -2.24. The molecule has 0 bridgehead atoms. The molecule has 0 radical (unpaired) electrons. The lowest BCUT2D eigenvalue weighted by molar-refractivity contribution is -0.0136. The van der Waals surface area contributed by atoms with Crippen LogP contribution in [-0.2, 0) is 4.74 Å². The minimum atomic E-state index is -0.637. The Labute approximate surface area is 131 Å². The number of hydrogen-bond acceptors (Lipinski definition) is 6. The second-order valence-electron chi connectivity index (χ2n) is 6.02. The number of rotatable bonds is 3. The zero-order valence-corrected chi connectivity index (χ0v) is 12.4. The van der Waals surface area contributed by atoms with Crippen molar-refractivity contribution in [2.75, 3.05) is 18.5 Å². The molecule has 2 aromatic heterocycles. The third-order valence-electron chi connectivity index (χ3n) is 4.38. The molecule has 1 aliphatic heterocycles. The Bertz CT molecular complexity index is 795. The number of nitriles is 1. The molecule has 3 heterocycles. The van der Waals surface area contributed by atoms with Gasteiger partial charge in [-0.1, -0.05) is 0 Å². The van der Waals surface area contributed by atoms with Gasteiger partial charge in [-0.2, -0.15) is 5.26 Å². The average Bonchev–Trinajstić information content (AvgIpc) is 3.35. The van der Waals surface area contributed by atoms with Crippen LogP contribution in [0.25, 0.3) is 5.52 Å². The van der Waals surface area contributed by atoms with Crippen molar-refractivity contribution in [3.8, 4) is 6.07 Å². The van der Waals surface area contributed by atoms with Crippen LogP contribution in [0.1, 0.15) is 36.4 Å². The molecule has 0 aromatic carbocycles. The second-order valence-corrected chi connectivity index (χ2v) is 6.02. The van der Waals surface area contributed by atoms with Crippen LogP contribution in [0.15, 0.2) is 6.20 Å². The van der Waals surface area contributed by atoms with Gasteiger partial charge < -0.3 is 15.2 Å². The van der Waals surface area contributed by atoms with E-state index < -0.39 is 11.9 Å². The minimum absolute atomic E-state index is 0.0602. The zero-order chi connectivity index (χ0) is 16.0. The molecule has 2 N–H and O–H groups in total. The highest BCUT2D eigenvalue weighted by atomic mass is 19.1. The van der Waals surface area contributed by atoms with E-state index in [1.807, 2.05) is 6.07 Å². The molecule has 2 aromatic rings. The van der Waals surface area contributed by atoms with Crippen molar-refractivity contribution in [2.24, 2.45) is 0 Å². The summed E-state index contributed by atoms with van der Waals surface area (Å²) in [6.07, 6.45) is 3.25. The van der Waals surface area contributed by atoms with E-state index in [0.29, 0.717) is 24.7 Å². The first-order valence-corrected chi connectivity index (χ1v) is 7.68. The quantitative estimate of drug-likeness (QED) is 0.882. The van der Waals surface area contributed by atoms with E-state index >= 15 is 0 Å². The standard InChI is InChI=1S/C15H16FN5O2/c16-13-9(5-17)14(8-1-2-8)21-11(13)6-18-15(20-21)19-10-3-4-23-7-12(10)22/h6,8,10,12,22H,1-4,7H2,(H,19,20)/t10-,12-/m1/s1. The molecule has 0 spiro atoms. The Morgan fingerprint density at radius 2 is 2.26 bits per heavy atom. The summed E-state index contributed by atoms with van der Waals surface area (Å²) in [6, 6.07) is 1.73. The summed E-state index contributed by atoms with van der Waals surface area (Å²) in [4.78, 5) is 4.12. The first-order chi connectivity index (χ1) is 11.2. The van der Waals surface area contributed by atoms with Gasteiger partial charge >= 0.3 is 0 Å². The maximum atomic E-state index is 14.3. The van der Waals surface area contributed by atoms with Crippen LogP contribution >= 0.6 is 0 Å². The van der Waals surface area contributed by atoms with Gasteiger partial charge in [-0.3, -0.25) is 0 Å². The Morgan fingerprint density at radius 1 is 1.43 bits per heavy atom. The number of ether oxygens (including phenoxy) is 1. The van der Waals surface area contributed by atoms with Crippen molar-refractivity contribution >= 4 is 11.5 Å².